The van der Waals surface area contributed by atoms with Crippen LogP contribution in [0.4, 0.5) is 11.4 Å². The predicted molar refractivity (Wildman–Crippen MR) is 80.9 cm³/mol. The van der Waals surface area contributed by atoms with Gasteiger partial charge in [0.1, 0.15) is 0 Å². The molecule has 1 amide bonds. The summed E-state index contributed by atoms with van der Waals surface area (Å²) in [7, 11) is 0. The van der Waals surface area contributed by atoms with Gasteiger partial charge in [-0.05, 0) is 24.1 Å². The Morgan fingerprint density at radius 3 is 2.75 bits per heavy atom. The Morgan fingerprint density at radius 1 is 1.20 bits per heavy atom. The summed E-state index contributed by atoms with van der Waals surface area (Å²) in [6.07, 6.45) is 6.78. The molecule has 1 aromatic rings. The summed E-state index contributed by atoms with van der Waals surface area (Å²) in [6.45, 7) is 4.72. The van der Waals surface area contributed by atoms with Crippen LogP contribution >= 0.6 is 0 Å². The van der Waals surface area contributed by atoms with Crippen molar-refractivity contribution < 1.29 is 4.79 Å². The molecule has 0 radical (unpaired) electrons. The minimum Gasteiger partial charge on any atom is -0.369 e. The molecular formula is C16H19N3O. The van der Waals surface area contributed by atoms with E-state index >= 15 is 0 Å². The summed E-state index contributed by atoms with van der Waals surface area (Å²) in [6, 6.07) is 6.17. The van der Waals surface area contributed by atoms with Crippen LogP contribution in [0.2, 0.25) is 0 Å². The molecular weight excluding hydrogens is 250 g/mol. The second-order valence-corrected chi connectivity index (χ2v) is 5.32. The molecule has 3 rings (SSSR count). The number of terminal acetylenes is 1. The Bertz CT molecular complexity index is 553. The quantitative estimate of drug-likeness (QED) is 0.823. The standard InChI is InChI=1S/C16H19N3O/c1-2-8-18-9-11-19(12-10-18)15-5-3-4-14-13(15)6-7-16(20)17-14/h1,3-5H,6-12H2,(H,17,20). The summed E-state index contributed by atoms with van der Waals surface area (Å²) in [5, 5.41) is 2.97. The van der Waals surface area contributed by atoms with E-state index in [4.69, 9.17) is 6.42 Å². The minimum absolute atomic E-state index is 0.119. The highest BCUT2D eigenvalue weighted by molar-refractivity contribution is 5.95. The maximum atomic E-state index is 11.5. The lowest BCUT2D eigenvalue weighted by Gasteiger charge is -2.37. The van der Waals surface area contributed by atoms with Gasteiger partial charge in [0, 0.05) is 44.0 Å². The molecule has 0 saturated carbocycles. The Balaban J connectivity index is 1.77. The molecule has 0 unspecified atom stereocenters. The third-order valence-corrected chi connectivity index (χ3v) is 4.06. The summed E-state index contributed by atoms with van der Waals surface area (Å²) in [4.78, 5) is 16.2. The molecule has 1 fully saturated rings. The van der Waals surface area contributed by atoms with Crippen LogP contribution in [-0.4, -0.2) is 43.5 Å². The molecule has 0 atom stereocenters. The molecule has 104 valence electrons. The zero-order valence-corrected chi connectivity index (χ0v) is 11.6. The highest BCUT2D eigenvalue weighted by atomic mass is 16.1. The first-order chi connectivity index (χ1) is 9.78. The largest absolute Gasteiger partial charge is 0.369 e. The lowest BCUT2D eigenvalue weighted by atomic mass is 10.00. The Morgan fingerprint density at radius 2 is 2.00 bits per heavy atom. The van der Waals surface area contributed by atoms with Crippen LogP contribution in [0.5, 0.6) is 0 Å². The molecule has 2 aliphatic rings. The summed E-state index contributed by atoms with van der Waals surface area (Å²) >= 11 is 0. The van der Waals surface area contributed by atoms with Crippen molar-refractivity contribution in [3.05, 3.63) is 23.8 Å². The van der Waals surface area contributed by atoms with Crippen LogP contribution in [0.15, 0.2) is 18.2 Å². The molecule has 1 aromatic carbocycles. The van der Waals surface area contributed by atoms with Gasteiger partial charge in [-0.15, -0.1) is 6.42 Å². The lowest BCUT2D eigenvalue weighted by molar-refractivity contribution is -0.116. The van der Waals surface area contributed by atoms with Gasteiger partial charge in [-0.25, -0.2) is 0 Å². The second-order valence-electron chi connectivity index (χ2n) is 5.32. The number of nitrogens with one attached hydrogen (secondary N) is 1. The summed E-state index contributed by atoms with van der Waals surface area (Å²) in [5.74, 6) is 2.83. The molecule has 0 aliphatic carbocycles. The maximum Gasteiger partial charge on any atom is 0.224 e. The van der Waals surface area contributed by atoms with Crippen molar-refractivity contribution in [1.82, 2.24) is 4.90 Å². The first kappa shape index (κ1) is 13.0. The Labute approximate surface area is 119 Å². The smallest absolute Gasteiger partial charge is 0.224 e. The van der Waals surface area contributed by atoms with Gasteiger partial charge in [0.25, 0.3) is 0 Å². The third-order valence-electron chi connectivity index (χ3n) is 4.06. The van der Waals surface area contributed by atoms with Gasteiger partial charge in [-0.3, -0.25) is 9.69 Å². The molecule has 2 aliphatic heterocycles. The molecule has 20 heavy (non-hydrogen) atoms. The number of anilines is 2. The zero-order chi connectivity index (χ0) is 13.9. The number of carbonyl (C=O) groups excluding carboxylic acids is 1. The van der Waals surface area contributed by atoms with E-state index in [2.05, 4.69) is 27.1 Å². The minimum atomic E-state index is 0.119. The number of fused-ring (bicyclic) bond motifs is 1. The number of rotatable bonds is 2. The van der Waals surface area contributed by atoms with Gasteiger partial charge < -0.3 is 10.2 Å². The van der Waals surface area contributed by atoms with E-state index in [1.54, 1.807) is 0 Å². The SMILES string of the molecule is C#CCN1CCN(c2cccc3c2CCC(=O)N3)CC1. The number of carbonyl (C=O) groups is 1. The van der Waals surface area contributed by atoms with Crippen LogP contribution in [0.3, 0.4) is 0 Å². The molecule has 4 nitrogen and oxygen atoms in total. The number of piperazine rings is 1. The van der Waals surface area contributed by atoms with E-state index in [1.807, 2.05) is 12.1 Å². The summed E-state index contributed by atoms with van der Waals surface area (Å²) in [5.41, 5.74) is 3.52. The summed E-state index contributed by atoms with van der Waals surface area (Å²) < 4.78 is 0. The predicted octanol–water partition coefficient (Wildman–Crippen LogP) is 1.33. The van der Waals surface area contributed by atoms with Gasteiger partial charge in [0.15, 0.2) is 0 Å². The van der Waals surface area contributed by atoms with Crippen molar-refractivity contribution in [3.8, 4) is 12.3 Å². The van der Waals surface area contributed by atoms with Crippen molar-refractivity contribution in [2.24, 2.45) is 0 Å². The first-order valence-electron chi connectivity index (χ1n) is 7.10. The monoisotopic (exact) mass is 269 g/mol. The van der Waals surface area contributed by atoms with Gasteiger partial charge >= 0.3 is 0 Å². The molecule has 1 saturated heterocycles. The van der Waals surface area contributed by atoms with E-state index in [1.165, 1.54) is 11.3 Å². The fourth-order valence-corrected chi connectivity index (χ4v) is 2.98. The highest BCUT2D eigenvalue weighted by Crippen LogP contribution is 2.32. The van der Waals surface area contributed by atoms with Gasteiger partial charge in [0.2, 0.25) is 5.91 Å². The highest BCUT2D eigenvalue weighted by Gasteiger charge is 2.23. The molecule has 4 heteroatoms. The van der Waals surface area contributed by atoms with E-state index in [-0.39, 0.29) is 5.91 Å². The van der Waals surface area contributed by atoms with E-state index in [0.29, 0.717) is 6.42 Å². The topological polar surface area (TPSA) is 35.6 Å². The lowest BCUT2D eigenvalue weighted by Crippen LogP contribution is -2.46. The number of benzene rings is 1. The van der Waals surface area contributed by atoms with E-state index in [0.717, 1.165) is 44.8 Å². The van der Waals surface area contributed by atoms with Crippen molar-refractivity contribution in [1.29, 1.82) is 0 Å². The van der Waals surface area contributed by atoms with Crippen LogP contribution < -0.4 is 10.2 Å². The second kappa shape index (κ2) is 5.56. The average Bonchev–Trinajstić information content (AvgIpc) is 2.47. The van der Waals surface area contributed by atoms with Crippen LogP contribution in [0.25, 0.3) is 0 Å². The van der Waals surface area contributed by atoms with Crippen LogP contribution in [0.1, 0.15) is 12.0 Å². The Kier molecular flexibility index (Phi) is 3.62. The van der Waals surface area contributed by atoms with Crippen LogP contribution in [0, 0.1) is 12.3 Å². The molecule has 1 N–H and O–H groups in total. The number of amides is 1. The van der Waals surface area contributed by atoms with Crippen molar-refractivity contribution in [2.45, 2.75) is 12.8 Å². The van der Waals surface area contributed by atoms with Gasteiger partial charge in [-0.1, -0.05) is 12.0 Å². The number of nitrogens with zero attached hydrogens (tertiary/aromatic N) is 2. The molecule has 0 bridgehead atoms. The molecule has 0 aromatic heterocycles. The average molecular weight is 269 g/mol. The van der Waals surface area contributed by atoms with Gasteiger partial charge in [-0.2, -0.15) is 0 Å². The van der Waals surface area contributed by atoms with Crippen molar-refractivity contribution in [3.63, 3.8) is 0 Å². The molecule has 0 spiro atoms. The van der Waals surface area contributed by atoms with Crippen LogP contribution in [-0.2, 0) is 11.2 Å². The van der Waals surface area contributed by atoms with Crippen molar-refractivity contribution in [2.75, 3.05) is 42.9 Å². The number of hydrogen-bond acceptors (Lipinski definition) is 3. The van der Waals surface area contributed by atoms with E-state index in [9.17, 15) is 4.79 Å². The van der Waals surface area contributed by atoms with Crippen molar-refractivity contribution >= 4 is 17.3 Å². The molecule has 2 heterocycles. The maximum absolute atomic E-state index is 11.5. The van der Waals surface area contributed by atoms with Gasteiger partial charge in [0.05, 0.1) is 6.54 Å². The normalized spacial score (nSPS) is 19.1. The Hall–Kier alpha value is -1.99. The fourth-order valence-electron chi connectivity index (χ4n) is 2.98. The number of hydrogen-bond donors (Lipinski definition) is 1. The zero-order valence-electron chi connectivity index (χ0n) is 11.6. The third kappa shape index (κ3) is 2.50. The first-order valence-corrected chi connectivity index (χ1v) is 7.10. The fraction of sp³-hybridized carbons (Fsp3) is 0.438. The van der Waals surface area contributed by atoms with E-state index < -0.39 is 0 Å².